The number of rotatable bonds is 3. The molecular weight excluding hydrogens is 298 g/mol. The lowest BCUT2D eigenvalue weighted by Gasteiger charge is -2.11. The Labute approximate surface area is 140 Å². The highest BCUT2D eigenvalue weighted by molar-refractivity contribution is 5.92. The number of aromatic nitrogens is 2. The second-order valence-electron chi connectivity index (χ2n) is 5.66. The van der Waals surface area contributed by atoms with Crippen LogP contribution in [0.2, 0.25) is 0 Å². The Morgan fingerprint density at radius 3 is 2.46 bits per heavy atom. The maximum Gasteiger partial charge on any atom is 0.118 e. The first-order valence-electron chi connectivity index (χ1n) is 7.84. The van der Waals surface area contributed by atoms with Crippen molar-refractivity contribution in [1.29, 1.82) is 0 Å². The molecule has 4 heteroatoms. The van der Waals surface area contributed by atoms with Gasteiger partial charge in [-0.2, -0.15) is 0 Å². The third-order valence-corrected chi connectivity index (χ3v) is 4.08. The molecule has 0 radical (unpaired) electrons. The number of allylic oxidation sites excluding steroid dienone is 1. The zero-order valence-electron chi connectivity index (χ0n) is 13.4. The number of anilines is 2. The normalized spacial score (nSPS) is 12.3. The maximum absolute atomic E-state index is 5.23. The van der Waals surface area contributed by atoms with Crippen LogP contribution in [-0.4, -0.2) is 17.1 Å². The number of nitrogens with one attached hydrogen (secondary N) is 1. The largest absolute Gasteiger partial charge is 0.497 e. The van der Waals surface area contributed by atoms with E-state index in [2.05, 4.69) is 33.5 Å². The summed E-state index contributed by atoms with van der Waals surface area (Å²) in [4.78, 5) is 9.09. The second kappa shape index (κ2) is 6.16. The minimum atomic E-state index is 0.783. The summed E-state index contributed by atoms with van der Waals surface area (Å²) in [6.07, 6.45) is 6.54. The predicted octanol–water partition coefficient (Wildman–Crippen LogP) is 4.33. The summed E-state index contributed by atoms with van der Waals surface area (Å²) in [6, 6.07) is 16.1. The molecule has 1 aromatic carbocycles. The molecule has 118 valence electrons. The molecule has 0 atom stereocenters. The van der Waals surface area contributed by atoms with Crippen LogP contribution in [0.15, 0.2) is 60.9 Å². The molecule has 4 rings (SSSR count). The quantitative estimate of drug-likeness (QED) is 0.781. The minimum absolute atomic E-state index is 0.783. The zero-order valence-corrected chi connectivity index (χ0v) is 13.4. The summed E-state index contributed by atoms with van der Waals surface area (Å²) in [6.45, 7) is 0. The first-order valence-corrected chi connectivity index (χ1v) is 7.84. The summed E-state index contributed by atoms with van der Waals surface area (Å²) in [5.41, 5.74) is 6.24. The highest BCUT2D eigenvalue weighted by Gasteiger charge is 2.16. The minimum Gasteiger partial charge on any atom is -0.497 e. The van der Waals surface area contributed by atoms with Gasteiger partial charge in [-0.3, -0.25) is 9.97 Å². The molecule has 0 amide bonds. The first-order chi connectivity index (χ1) is 11.8. The van der Waals surface area contributed by atoms with Crippen LogP contribution in [0, 0.1) is 0 Å². The fourth-order valence-corrected chi connectivity index (χ4v) is 2.88. The van der Waals surface area contributed by atoms with Gasteiger partial charge in [-0.05, 0) is 60.0 Å². The van der Waals surface area contributed by atoms with Gasteiger partial charge in [-0.15, -0.1) is 0 Å². The number of hydrogen-bond donors (Lipinski definition) is 1. The summed E-state index contributed by atoms with van der Waals surface area (Å²) in [7, 11) is 1.68. The molecule has 0 saturated heterocycles. The van der Waals surface area contributed by atoms with Gasteiger partial charge in [-0.25, -0.2) is 0 Å². The molecule has 24 heavy (non-hydrogen) atoms. The molecule has 1 N–H and O–H groups in total. The number of nitrogens with zero attached hydrogens (tertiary/aromatic N) is 2. The van der Waals surface area contributed by atoms with Crippen molar-refractivity contribution in [3.63, 3.8) is 0 Å². The number of pyridine rings is 2. The van der Waals surface area contributed by atoms with E-state index in [4.69, 9.17) is 4.74 Å². The van der Waals surface area contributed by atoms with Gasteiger partial charge in [-0.1, -0.05) is 12.1 Å². The van der Waals surface area contributed by atoms with Gasteiger partial charge in [0.05, 0.1) is 29.9 Å². The molecule has 4 nitrogen and oxygen atoms in total. The Bertz CT molecular complexity index is 901. The van der Waals surface area contributed by atoms with Crippen molar-refractivity contribution < 1.29 is 4.74 Å². The fraction of sp³-hybridized carbons (Fsp3) is 0.100. The van der Waals surface area contributed by atoms with E-state index in [-0.39, 0.29) is 0 Å². The Kier molecular flexibility index (Phi) is 3.71. The van der Waals surface area contributed by atoms with Gasteiger partial charge >= 0.3 is 0 Å². The van der Waals surface area contributed by atoms with E-state index in [0.29, 0.717) is 0 Å². The number of ether oxygens (including phenoxy) is 1. The summed E-state index contributed by atoms with van der Waals surface area (Å²) in [5, 5.41) is 3.44. The first kappa shape index (κ1) is 14.5. The summed E-state index contributed by atoms with van der Waals surface area (Å²) < 4.78 is 5.23. The van der Waals surface area contributed by atoms with Crippen LogP contribution in [-0.2, 0) is 6.42 Å². The van der Waals surface area contributed by atoms with Crippen LogP contribution in [0.4, 0.5) is 11.4 Å². The Hall–Kier alpha value is -3.14. The van der Waals surface area contributed by atoms with Crippen molar-refractivity contribution >= 4 is 23.0 Å². The van der Waals surface area contributed by atoms with Gasteiger partial charge < -0.3 is 10.1 Å². The average molecular weight is 315 g/mol. The van der Waals surface area contributed by atoms with E-state index in [9.17, 15) is 0 Å². The topological polar surface area (TPSA) is 47.0 Å². The average Bonchev–Trinajstić information content (AvgIpc) is 2.79. The smallest absolute Gasteiger partial charge is 0.118 e. The van der Waals surface area contributed by atoms with Crippen molar-refractivity contribution in [2.24, 2.45) is 0 Å². The Morgan fingerprint density at radius 2 is 1.67 bits per heavy atom. The van der Waals surface area contributed by atoms with Gasteiger partial charge in [0, 0.05) is 12.4 Å². The molecule has 0 bridgehead atoms. The van der Waals surface area contributed by atoms with E-state index >= 15 is 0 Å². The molecule has 3 heterocycles. The number of methoxy groups -OCH3 is 1. The van der Waals surface area contributed by atoms with Crippen molar-refractivity contribution in [3.05, 3.63) is 77.9 Å². The Balaban J connectivity index is 1.78. The molecule has 1 aliphatic heterocycles. The van der Waals surface area contributed by atoms with Crippen LogP contribution in [0.5, 0.6) is 5.75 Å². The van der Waals surface area contributed by atoms with Crippen molar-refractivity contribution in [2.75, 3.05) is 12.4 Å². The lowest BCUT2D eigenvalue weighted by molar-refractivity contribution is 0.414. The van der Waals surface area contributed by atoms with Gasteiger partial charge in [0.15, 0.2) is 0 Å². The zero-order chi connectivity index (χ0) is 16.4. The monoisotopic (exact) mass is 315 g/mol. The van der Waals surface area contributed by atoms with Gasteiger partial charge in [0.25, 0.3) is 0 Å². The molecule has 0 aliphatic carbocycles. The number of hydrogen-bond acceptors (Lipinski definition) is 4. The van der Waals surface area contributed by atoms with E-state index in [1.165, 1.54) is 5.56 Å². The standard InChI is InChI=1S/C20H17N3O/c1-24-16-8-6-14(7-9-16)12-15-13-19-17(4-2-10-21-19)23-18-5-3-11-22-20(15)18/h2-11,13,23H,12H2,1H3. The molecule has 0 saturated carbocycles. The van der Waals surface area contributed by atoms with Gasteiger partial charge in [0.2, 0.25) is 0 Å². The highest BCUT2D eigenvalue weighted by atomic mass is 16.5. The third-order valence-electron chi connectivity index (χ3n) is 4.08. The van der Waals surface area contributed by atoms with Crippen LogP contribution in [0.1, 0.15) is 17.0 Å². The molecule has 0 fully saturated rings. The predicted molar refractivity (Wildman–Crippen MR) is 96.3 cm³/mol. The summed E-state index contributed by atoms with van der Waals surface area (Å²) >= 11 is 0. The molecule has 2 aromatic heterocycles. The van der Waals surface area contributed by atoms with E-state index in [1.807, 2.05) is 48.8 Å². The number of fused-ring (bicyclic) bond motifs is 2. The molecule has 0 unspecified atom stereocenters. The SMILES string of the molecule is COc1ccc(CC2=Cc3ncccc3Nc3cccnc32)cc1. The van der Waals surface area contributed by atoms with Gasteiger partial charge in [0.1, 0.15) is 5.75 Å². The summed E-state index contributed by atoms with van der Waals surface area (Å²) in [5.74, 6) is 0.862. The van der Waals surface area contributed by atoms with E-state index < -0.39 is 0 Å². The molecule has 0 spiro atoms. The lowest BCUT2D eigenvalue weighted by Crippen LogP contribution is -1.98. The second-order valence-corrected chi connectivity index (χ2v) is 5.66. The van der Waals surface area contributed by atoms with E-state index in [0.717, 1.165) is 40.5 Å². The van der Waals surface area contributed by atoms with Crippen molar-refractivity contribution in [2.45, 2.75) is 6.42 Å². The fourth-order valence-electron chi connectivity index (χ4n) is 2.88. The maximum atomic E-state index is 5.23. The third kappa shape index (κ3) is 2.74. The highest BCUT2D eigenvalue weighted by Crippen LogP contribution is 2.34. The van der Waals surface area contributed by atoms with Crippen LogP contribution < -0.4 is 10.1 Å². The Morgan fingerprint density at radius 1 is 0.917 bits per heavy atom. The molecular formula is C20H17N3O. The van der Waals surface area contributed by atoms with E-state index in [1.54, 1.807) is 7.11 Å². The van der Waals surface area contributed by atoms with Crippen LogP contribution in [0.25, 0.3) is 11.6 Å². The molecule has 1 aliphatic rings. The lowest BCUT2D eigenvalue weighted by atomic mass is 10.00. The molecule has 3 aromatic rings. The number of benzene rings is 1. The van der Waals surface area contributed by atoms with Crippen molar-refractivity contribution in [1.82, 2.24) is 9.97 Å². The van der Waals surface area contributed by atoms with Crippen molar-refractivity contribution in [3.8, 4) is 5.75 Å². The van der Waals surface area contributed by atoms with Crippen LogP contribution in [0.3, 0.4) is 0 Å². The van der Waals surface area contributed by atoms with Crippen LogP contribution >= 0.6 is 0 Å².